The minimum atomic E-state index is -0.234. The van der Waals surface area contributed by atoms with E-state index in [-0.39, 0.29) is 11.7 Å². The zero-order valence-electron chi connectivity index (χ0n) is 10.6. The molecule has 0 bridgehead atoms. The summed E-state index contributed by atoms with van der Waals surface area (Å²) in [6.07, 6.45) is 0. The maximum atomic E-state index is 13.2. The van der Waals surface area contributed by atoms with Gasteiger partial charge in [-0.25, -0.2) is 4.39 Å². The number of benzene rings is 1. The fourth-order valence-electron chi connectivity index (χ4n) is 2.16. The van der Waals surface area contributed by atoms with Crippen LogP contribution in [0.15, 0.2) is 28.8 Å². The van der Waals surface area contributed by atoms with Gasteiger partial charge in [-0.1, -0.05) is 25.1 Å². The minimum absolute atomic E-state index is 0.225. The summed E-state index contributed by atoms with van der Waals surface area (Å²) in [5, 5.41) is 4.83. The predicted octanol–water partition coefficient (Wildman–Crippen LogP) is 4.40. The molecule has 0 amide bonds. The number of thiophene rings is 1. The van der Waals surface area contributed by atoms with Gasteiger partial charge in [0, 0.05) is 10.3 Å². The van der Waals surface area contributed by atoms with Gasteiger partial charge < -0.3 is 10.3 Å². The van der Waals surface area contributed by atoms with E-state index in [2.05, 4.69) is 5.16 Å². The fourth-order valence-corrected chi connectivity index (χ4v) is 3.24. The Balaban J connectivity index is 2.19. The summed E-state index contributed by atoms with van der Waals surface area (Å²) in [5.41, 5.74) is 6.75. The molecule has 5 heteroatoms. The molecule has 0 radical (unpaired) electrons. The Labute approximate surface area is 113 Å². The third kappa shape index (κ3) is 2.00. The van der Waals surface area contributed by atoms with Crippen LogP contribution in [0.1, 0.15) is 25.3 Å². The molecule has 0 fully saturated rings. The van der Waals surface area contributed by atoms with Gasteiger partial charge in [0.1, 0.15) is 5.82 Å². The van der Waals surface area contributed by atoms with Crippen molar-refractivity contribution in [3.8, 4) is 10.6 Å². The van der Waals surface area contributed by atoms with Gasteiger partial charge in [-0.2, -0.15) is 0 Å². The van der Waals surface area contributed by atoms with E-state index in [1.165, 1.54) is 23.5 Å². The Morgan fingerprint density at radius 1 is 1.32 bits per heavy atom. The van der Waals surface area contributed by atoms with Crippen molar-refractivity contribution in [3.05, 3.63) is 35.6 Å². The van der Waals surface area contributed by atoms with Crippen LogP contribution in [0.4, 0.5) is 10.2 Å². The molecule has 98 valence electrons. The summed E-state index contributed by atoms with van der Waals surface area (Å²) >= 11 is 1.48. The fraction of sp³-hybridized carbons (Fsp3) is 0.214. The molecule has 0 aliphatic carbocycles. The lowest BCUT2D eigenvalue weighted by Crippen LogP contribution is -1.94. The van der Waals surface area contributed by atoms with Crippen LogP contribution in [0.3, 0.4) is 0 Å². The van der Waals surface area contributed by atoms with E-state index in [0.717, 1.165) is 20.5 Å². The van der Waals surface area contributed by atoms with Gasteiger partial charge in [0.25, 0.3) is 0 Å². The highest BCUT2D eigenvalue weighted by Gasteiger charge is 2.20. The number of nitrogens with zero attached hydrogens (tertiary/aromatic N) is 1. The van der Waals surface area contributed by atoms with E-state index < -0.39 is 0 Å². The summed E-state index contributed by atoms with van der Waals surface area (Å²) in [6.45, 7) is 4.08. The molecule has 0 aliphatic heterocycles. The molecule has 3 aromatic rings. The molecule has 0 atom stereocenters. The Kier molecular flexibility index (Phi) is 2.78. The zero-order valence-corrected chi connectivity index (χ0v) is 11.4. The molecule has 2 aromatic heterocycles. The van der Waals surface area contributed by atoms with Crippen molar-refractivity contribution in [2.75, 3.05) is 5.73 Å². The molecule has 1 aromatic carbocycles. The van der Waals surface area contributed by atoms with Gasteiger partial charge in [-0.05, 0) is 29.5 Å². The SMILES string of the molecule is CC(C)c1c(N)noc1-c1cc2ccc(F)cc2s1. The molecule has 0 saturated heterocycles. The maximum Gasteiger partial charge on any atom is 0.182 e. The van der Waals surface area contributed by atoms with Crippen molar-refractivity contribution in [3.63, 3.8) is 0 Å². The normalized spacial score (nSPS) is 11.6. The number of anilines is 1. The number of aromatic nitrogens is 1. The molecule has 2 N–H and O–H groups in total. The highest BCUT2D eigenvalue weighted by molar-refractivity contribution is 7.22. The molecule has 3 rings (SSSR count). The number of nitrogens with two attached hydrogens (primary N) is 1. The second-order valence-corrected chi connectivity index (χ2v) is 5.84. The standard InChI is InChI=1S/C14H13FN2OS/c1-7(2)12-13(18-17-14(12)16)11-5-8-3-4-9(15)6-10(8)19-11/h3-7H,1-2H3,(H2,16,17). The molecule has 2 heterocycles. The van der Waals surface area contributed by atoms with Gasteiger partial charge in [0.05, 0.1) is 4.88 Å². The number of halogens is 1. The Hall–Kier alpha value is -1.88. The molecule has 0 aliphatic rings. The number of rotatable bonds is 2. The Morgan fingerprint density at radius 2 is 2.11 bits per heavy atom. The Morgan fingerprint density at radius 3 is 2.84 bits per heavy atom. The second-order valence-electron chi connectivity index (χ2n) is 4.76. The lowest BCUT2D eigenvalue weighted by Gasteiger charge is -2.03. The molecule has 19 heavy (non-hydrogen) atoms. The quantitative estimate of drug-likeness (QED) is 0.754. The molecule has 3 nitrogen and oxygen atoms in total. The summed E-state index contributed by atoms with van der Waals surface area (Å²) in [6, 6.07) is 6.72. The van der Waals surface area contributed by atoms with Crippen LogP contribution in [-0.2, 0) is 0 Å². The molecule has 0 saturated carbocycles. The van der Waals surface area contributed by atoms with Gasteiger partial charge in [-0.15, -0.1) is 11.3 Å². The van der Waals surface area contributed by atoms with Crippen LogP contribution in [-0.4, -0.2) is 5.16 Å². The van der Waals surface area contributed by atoms with Crippen molar-refractivity contribution >= 4 is 27.2 Å². The molecular formula is C14H13FN2OS. The monoisotopic (exact) mass is 276 g/mol. The zero-order chi connectivity index (χ0) is 13.6. The van der Waals surface area contributed by atoms with E-state index in [9.17, 15) is 4.39 Å². The minimum Gasteiger partial charge on any atom is -0.381 e. The highest BCUT2D eigenvalue weighted by atomic mass is 32.1. The Bertz CT molecular complexity index is 745. The van der Waals surface area contributed by atoms with Crippen LogP contribution in [0.25, 0.3) is 20.7 Å². The maximum absolute atomic E-state index is 13.2. The van der Waals surface area contributed by atoms with E-state index in [1.807, 2.05) is 19.9 Å². The van der Waals surface area contributed by atoms with E-state index in [0.29, 0.717) is 11.6 Å². The van der Waals surface area contributed by atoms with Crippen LogP contribution in [0.2, 0.25) is 0 Å². The highest BCUT2D eigenvalue weighted by Crippen LogP contribution is 2.39. The third-order valence-corrected chi connectivity index (χ3v) is 4.14. The van der Waals surface area contributed by atoms with Crippen LogP contribution >= 0.6 is 11.3 Å². The van der Waals surface area contributed by atoms with Crippen molar-refractivity contribution in [2.24, 2.45) is 0 Å². The molecular weight excluding hydrogens is 263 g/mol. The number of fused-ring (bicyclic) bond motifs is 1. The van der Waals surface area contributed by atoms with Crippen LogP contribution in [0.5, 0.6) is 0 Å². The summed E-state index contributed by atoms with van der Waals surface area (Å²) < 4.78 is 19.4. The largest absolute Gasteiger partial charge is 0.381 e. The summed E-state index contributed by atoms with van der Waals surface area (Å²) in [5.74, 6) is 1.10. The average molecular weight is 276 g/mol. The summed E-state index contributed by atoms with van der Waals surface area (Å²) in [7, 11) is 0. The third-order valence-electron chi connectivity index (χ3n) is 3.04. The summed E-state index contributed by atoms with van der Waals surface area (Å²) in [4.78, 5) is 0.925. The van der Waals surface area contributed by atoms with Gasteiger partial charge >= 0.3 is 0 Å². The number of hydrogen-bond donors (Lipinski definition) is 1. The first-order chi connectivity index (χ1) is 9.06. The second kappa shape index (κ2) is 4.35. The predicted molar refractivity (Wildman–Crippen MR) is 75.8 cm³/mol. The number of nitrogen functional groups attached to an aromatic ring is 1. The first kappa shape index (κ1) is 12.2. The van der Waals surface area contributed by atoms with Gasteiger partial charge in [0.15, 0.2) is 11.6 Å². The lowest BCUT2D eigenvalue weighted by atomic mass is 10.0. The van der Waals surface area contributed by atoms with Crippen molar-refractivity contribution in [1.29, 1.82) is 0 Å². The van der Waals surface area contributed by atoms with E-state index >= 15 is 0 Å². The van der Waals surface area contributed by atoms with Crippen molar-refractivity contribution < 1.29 is 8.91 Å². The first-order valence-electron chi connectivity index (χ1n) is 6.00. The van der Waals surface area contributed by atoms with Crippen molar-refractivity contribution in [2.45, 2.75) is 19.8 Å². The lowest BCUT2D eigenvalue weighted by molar-refractivity contribution is 0.435. The van der Waals surface area contributed by atoms with Crippen LogP contribution in [0, 0.1) is 5.82 Å². The van der Waals surface area contributed by atoms with E-state index in [1.54, 1.807) is 6.07 Å². The van der Waals surface area contributed by atoms with Gasteiger partial charge in [-0.3, -0.25) is 0 Å². The van der Waals surface area contributed by atoms with Crippen LogP contribution < -0.4 is 5.73 Å². The topological polar surface area (TPSA) is 52.0 Å². The average Bonchev–Trinajstić information content (AvgIpc) is 2.91. The molecule has 0 unspecified atom stereocenters. The van der Waals surface area contributed by atoms with Crippen molar-refractivity contribution in [1.82, 2.24) is 5.16 Å². The van der Waals surface area contributed by atoms with Gasteiger partial charge in [0.2, 0.25) is 0 Å². The van der Waals surface area contributed by atoms with E-state index in [4.69, 9.17) is 10.3 Å². The smallest absolute Gasteiger partial charge is 0.182 e. The molecule has 0 spiro atoms. The number of hydrogen-bond acceptors (Lipinski definition) is 4. The first-order valence-corrected chi connectivity index (χ1v) is 6.82.